The van der Waals surface area contributed by atoms with Crippen LogP contribution in [0.2, 0.25) is 0 Å². The number of hydrogen-bond acceptors (Lipinski definition) is 2. The van der Waals surface area contributed by atoms with E-state index in [1.165, 1.54) is 32.1 Å². The minimum atomic E-state index is 0.687. The number of nitrogens with one attached hydrogen (secondary N) is 1. The molecule has 0 aliphatic heterocycles. The Morgan fingerprint density at radius 2 is 1.88 bits per heavy atom. The Kier molecular flexibility index (Phi) is 4.48. The van der Waals surface area contributed by atoms with Crippen LogP contribution in [-0.2, 0) is 0 Å². The maximum atomic E-state index is 3.82. The molecule has 2 nitrogen and oxygen atoms in total. The van der Waals surface area contributed by atoms with Crippen LogP contribution in [0, 0.1) is 11.8 Å². The Morgan fingerprint density at radius 3 is 2.53 bits per heavy atom. The van der Waals surface area contributed by atoms with Crippen molar-refractivity contribution in [3.8, 4) is 0 Å². The SMILES string of the molecule is CC1CCCC(NCC(C)N(C)C2CC2)C1C. The Balaban J connectivity index is 1.72. The van der Waals surface area contributed by atoms with Gasteiger partial charge in [-0.1, -0.05) is 26.7 Å². The van der Waals surface area contributed by atoms with E-state index >= 15 is 0 Å². The van der Waals surface area contributed by atoms with Crippen LogP contribution in [0.5, 0.6) is 0 Å². The van der Waals surface area contributed by atoms with Crippen molar-refractivity contribution in [1.29, 1.82) is 0 Å². The highest BCUT2D eigenvalue weighted by molar-refractivity contribution is 4.88. The summed E-state index contributed by atoms with van der Waals surface area (Å²) in [7, 11) is 2.29. The molecule has 4 unspecified atom stereocenters. The van der Waals surface area contributed by atoms with Gasteiger partial charge in [-0.25, -0.2) is 0 Å². The molecule has 0 amide bonds. The summed E-state index contributed by atoms with van der Waals surface area (Å²) in [6.07, 6.45) is 7.05. The first-order chi connectivity index (χ1) is 8.09. The van der Waals surface area contributed by atoms with E-state index in [2.05, 4.69) is 38.0 Å². The standard InChI is InChI=1S/C15H30N2/c1-11-6-5-7-15(13(11)3)16-10-12(2)17(4)14-8-9-14/h11-16H,5-10H2,1-4H3. The van der Waals surface area contributed by atoms with Gasteiger partial charge in [0, 0.05) is 24.7 Å². The summed E-state index contributed by atoms with van der Waals surface area (Å²) in [5, 5.41) is 3.82. The van der Waals surface area contributed by atoms with Gasteiger partial charge in [0.1, 0.15) is 0 Å². The first-order valence-corrected chi connectivity index (χ1v) is 7.55. The van der Waals surface area contributed by atoms with Gasteiger partial charge in [0.2, 0.25) is 0 Å². The molecule has 17 heavy (non-hydrogen) atoms. The zero-order chi connectivity index (χ0) is 12.4. The van der Waals surface area contributed by atoms with Gasteiger partial charge < -0.3 is 5.32 Å². The average Bonchev–Trinajstić information content (AvgIpc) is 3.13. The predicted molar refractivity (Wildman–Crippen MR) is 74.2 cm³/mol. The van der Waals surface area contributed by atoms with E-state index in [0.717, 1.165) is 30.5 Å². The summed E-state index contributed by atoms with van der Waals surface area (Å²) in [5.74, 6) is 1.75. The molecule has 2 rings (SSSR count). The van der Waals surface area contributed by atoms with Gasteiger partial charge in [-0.05, 0) is 45.1 Å². The van der Waals surface area contributed by atoms with Crippen molar-refractivity contribution < 1.29 is 0 Å². The quantitative estimate of drug-likeness (QED) is 0.792. The van der Waals surface area contributed by atoms with Crippen LogP contribution in [0.4, 0.5) is 0 Å². The fraction of sp³-hybridized carbons (Fsp3) is 1.00. The summed E-state index contributed by atoms with van der Waals surface area (Å²) < 4.78 is 0. The van der Waals surface area contributed by atoms with Gasteiger partial charge in [0.25, 0.3) is 0 Å². The lowest BCUT2D eigenvalue weighted by Crippen LogP contribution is -2.47. The second kappa shape index (κ2) is 5.71. The molecule has 0 aromatic rings. The van der Waals surface area contributed by atoms with Gasteiger partial charge >= 0.3 is 0 Å². The molecule has 0 aromatic heterocycles. The summed E-state index contributed by atoms with van der Waals surface area (Å²) >= 11 is 0. The van der Waals surface area contributed by atoms with Gasteiger partial charge in [-0.3, -0.25) is 4.90 Å². The second-order valence-electron chi connectivity index (χ2n) is 6.53. The Bertz CT molecular complexity index is 237. The van der Waals surface area contributed by atoms with E-state index < -0.39 is 0 Å². The van der Waals surface area contributed by atoms with Crippen LogP contribution in [0.3, 0.4) is 0 Å². The smallest absolute Gasteiger partial charge is 0.0192 e. The number of nitrogens with zero attached hydrogens (tertiary/aromatic N) is 1. The highest BCUT2D eigenvalue weighted by atomic mass is 15.2. The van der Waals surface area contributed by atoms with Gasteiger partial charge in [0.05, 0.1) is 0 Å². The third-order valence-corrected chi connectivity index (χ3v) is 5.20. The van der Waals surface area contributed by atoms with Crippen LogP contribution in [0.1, 0.15) is 52.9 Å². The van der Waals surface area contributed by atoms with Gasteiger partial charge in [-0.15, -0.1) is 0 Å². The Morgan fingerprint density at radius 1 is 1.18 bits per heavy atom. The molecule has 2 saturated carbocycles. The van der Waals surface area contributed by atoms with Crippen molar-refractivity contribution in [3.63, 3.8) is 0 Å². The van der Waals surface area contributed by atoms with Gasteiger partial charge in [0.15, 0.2) is 0 Å². The normalized spacial score (nSPS) is 36.2. The molecule has 2 fully saturated rings. The van der Waals surface area contributed by atoms with Crippen LogP contribution in [0.25, 0.3) is 0 Å². The topological polar surface area (TPSA) is 15.3 Å². The molecule has 0 spiro atoms. The Hall–Kier alpha value is -0.0800. The monoisotopic (exact) mass is 238 g/mol. The first kappa shape index (κ1) is 13.4. The molecule has 0 aromatic carbocycles. The van der Waals surface area contributed by atoms with Crippen LogP contribution in [-0.4, -0.2) is 36.6 Å². The molecular weight excluding hydrogens is 208 g/mol. The maximum absolute atomic E-state index is 3.82. The van der Waals surface area contributed by atoms with E-state index in [0.29, 0.717) is 6.04 Å². The summed E-state index contributed by atoms with van der Waals surface area (Å²) in [6, 6.07) is 2.33. The van der Waals surface area contributed by atoms with Crippen molar-refractivity contribution in [1.82, 2.24) is 10.2 Å². The van der Waals surface area contributed by atoms with Crippen molar-refractivity contribution in [2.45, 2.75) is 71.0 Å². The molecule has 0 radical (unpaired) electrons. The fourth-order valence-corrected chi connectivity index (χ4v) is 3.18. The summed E-state index contributed by atoms with van der Waals surface area (Å²) in [5.41, 5.74) is 0. The zero-order valence-electron chi connectivity index (χ0n) is 12.1. The highest BCUT2D eigenvalue weighted by Crippen LogP contribution is 2.30. The molecule has 2 aliphatic carbocycles. The Labute approximate surface area is 107 Å². The van der Waals surface area contributed by atoms with Crippen molar-refractivity contribution in [2.75, 3.05) is 13.6 Å². The molecule has 2 heteroatoms. The first-order valence-electron chi connectivity index (χ1n) is 7.55. The average molecular weight is 238 g/mol. The van der Waals surface area contributed by atoms with E-state index in [1.807, 2.05) is 0 Å². The lowest BCUT2D eigenvalue weighted by atomic mass is 9.78. The maximum Gasteiger partial charge on any atom is 0.0192 e. The van der Waals surface area contributed by atoms with Crippen molar-refractivity contribution in [3.05, 3.63) is 0 Å². The van der Waals surface area contributed by atoms with Crippen LogP contribution in [0.15, 0.2) is 0 Å². The molecule has 0 saturated heterocycles. The van der Waals surface area contributed by atoms with E-state index in [-0.39, 0.29) is 0 Å². The molecule has 4 atom stereocenters. The second-order valence-corrected chi connectivity index (χ2v) is 6.53. The molecule has 2 aliphatic rings. The van der Waals surface area contributed by atoms with E-state index in [1.54, 1.807) is 0 Å². The van der Waals surface area contributed by atoms with Crippen molar-refractivity contribution in [2.24, 2.45) is 11.8 Å². The lowest BCUT2D eigenvalue weighted by Gasteiger charge is -2.36. The fourth-order valence-electron chi connectivity index (χ4n) is 3.18. The van der Waals surface area contributed by atoms with Crippen LogP contribution >= 0.6 is 0 Å². The molecule has 1 N–H and O–H groups in total. The molecular formula is C15H30N2. The van der Waals surface area contributed by atoms with E-state index in [4.69, 9.17) is 0 Å². The minimum Gasteiger partial charge on any atom is -0.312 e. The van der Waals surface area contributed by atoms with Crippen LogP contribution < -0.4 is 5.32 Å². The number of likely N-dealkylation sites (N-methyl/N-ethyl adjacent to an activating group) is 1. The zero-order valence-corrected chi connectivity index (χ0v) is 12.1. The molecule has 0 bridgehead atoms. The van der Waals surface area contributed by atoms with Crippen molar-refractivity contribution >= 4 is 0 Å². The number of rotatable bonds is 5. The number of hydrogen-bond donors (Lipinski definition) is 1. The molecule has 100 valence electrons. The summed E-state index contributed by atoms with van der Waals surface area (Å²) in [6.45, 7) is 8.37. The summed E-state index contributed by atoms with van der Waals surface area (Å²) in [4.78, 5) is 2.56. The predicted octanol–water partition coefficient (Wildman–Crippen LogP) is 2.88. The third kappa shape index (κ3) is 3.45. The largest absolute Gasteiger partial charge is 0.312 e. The van der Waals surface area contributed by atoms with E-state index in [9.17, 15) is 0 Å². The van der Waals surface area contributed by atoms with Gasteiger partial charge in [-0.2, -0.15) is 0 Å². The lowest BCUT2D eigenvalue weighted by molar-refractivity contribution is 0.181. The minimum absolute atomic E-state index is 0.687. The third-order valence-electron chi connectivity index (χ3n) is 5.20. The molecule has 0 heterocycles. The highest BCUT2D eigenvalue weighted by Gasteiger charge is 2.30.